The Kier molecular flexibility index (Phi) is 4.94. The lowest BCUT2D eigenvalue weighted by Crippen LogP contribution is -2.55. The molecule has 7 heteroatoms. The molecule has 1 atom stereocenters. The normalized spacial score (nSPS) is 20.4. The van der Waals surface area contributed by atoms with Crippen molar-refractivity contribution < 1.29 is 9.90 Å². The van der Waals surface area contributed by atoms with Crippen LogP contribution in [0.4, 0.5) is 5.95 Å². The van der Waals surface area contributed by atoms with Gasteiger partial charge in [0.25, 0.3) is 5.91 Å². The van der Waals surface area contributed by atoms with Crippen molar-refractivity contribution in [3.63, 3.8) is 0 Å². The number of hydrogen-bond acceptors (Lipinski definition) is 6. The van der Waals surface area contributed by atoms with Crippen molar-refractivity contribution in [2.75, 3.05) is 31.6 Å². The van der Waals surface area contributed by atoms with E-state index in [0.29, 0.717) is 24.6 Å². The summed E-state index contributed by atoms with van der Waals surface area (Å²) < 4.78 is 0. The first-order chi connectivity index (χ1) is 12.0. The van der Waals surface area contributed by atoms with E-state index in [1.165, 1.54) is 0 Å². The maximum Gasteiger partial charge on any atom is 0.272 e. The molecule has 7 nitrogen and oxygen atoms in total. The fourth-order valence-electron chi connectivity index (χ4n) is 3.27. The lowest BCUT2D eigenvalue weighted by Gasteiger charge is -2.41. The number of aliphatic hydroxyl groups is 1. The van der Waals surface area contributed by atoms with E-state index >= 15 is 0 Å². The summed E-state index contributed by atoms with van der Waals surface area (Å²) in [6, 6.07) is 5.43. The van der Waals surface area contributed by atoms with Crippen LogP contribution in [0.3, 0.4) is 0 Å². The predicted molar refractivity (Wildman–Crippen MR) is 94.4 cm³/mol. The molecule has 0 bridgehead atoms. The van der Waals surface area contributed by atoms with Crippen molar-refractivity contribution >= 4 is 11.9 Å². The van der Waals surface area contributed by atoms with Gasteiger partial charge in [-0.25, -0.2) is 9.97 Å². The third kappa shape index (κ3) is 3.93. The van der Waals surface area contributed by atoms with Gasteiger partial charge in [-0.3, -0.25) is 9.78 Å². The SMILES string of the molecule is Cc1cccnc1C(=O)N(C)CC1(O)CCCN(c2ncccn2)C1. The van der Waals surface area contributed by atoms with Crippen LogP contribution in [0.25, 0.3) is 0 Å². The van der Waals surface area contributed by atoms with Crippen molar-refractivity contribution in [3.05, 3.63) is 48.0 Å². The van der Waals surface area contributed by atoms with Crippen LogP contribution < -0.4 is 4.90 Å². The highest BCUT2D eigenvalue weighted by atomic mass is 16.3. The van der Waals surface area contributed by atoms with Gasteiger partial charge < -0.3 is 14.9 Å². The van der Waals surface area contributed by atoms with Crippen LogP contribution in [0.1, 0.15) is 28.9 Å². The van der Waals surface area contributed by atoms with E-state index in [1.54, 1.807) is 42.7 Å². The summed E-state index contributed by atoms with van der Waals surface area (Å²) >= 11 is 0. The maximum atomic E-state index is 12.6. The van der Waals surface area contributed by atoms with Crippen LogP contribution in [0.5, 0.6) is 0 Å². The molecule has 3 heterocycles. The molecule has 1 aliphatic rings. The van der Waals surface area contributed by atoms with Crippen LogP contribution in [0.2, 0.25) is 0 Å². The molecule has 1 saturated heterocycles. The number of anilines is 1. The highest BCUT2D eigenvalue weighted by molar-refractivity contribution is 5.93. The average molecular weight is 341 g/mol. The predicted octanol–water partition coefficient (Wildman–Crippen LogP) is 1.28. The largest absolute Gasteiger partial charge is 0.386 e. The molecule has 2 aromatic rings. The molecule has 3 rings (SSSR count). The summed E-state index contributed by atoms with van der Waals surface area (Å²) in [5.74, 6) is 0.426. The number of nitrogens with zero attached hydrogens (tertiary/aromatic N) is 5. The molecule has 132 valence electrons. The second-order valence-corrected chi connectivity index (χ2v) is 6.63. The second kappa shape index (κ2) is 7.14. The summed E-state index contributed by atoms with van der Waals surface area (Å²) in [6.45, 7) is 3.29. The highest BCUT2D eigenvalue weighted by Gasteiger charge is 2.36. The number of piperidine rings is 1. The maximum absolute atomic E-state index is 12.6. The highest BCUT2D eigenvalue weighted by Crippen LogP contribution is 2.25. The summed E-state index contributed by atoms with van der Waals surface area (Å²) in [6.07, 6.45) is 6.44. The van der Waals surface area contributed by atoms with E-state index in [1.807, 2.05) is 17.9 Å². The zero-order valence-corrected chi connectivity index (χ0v) is 14.6. The van der Waals surface area contributed by atoms with Crippen molar-refractivity contribution in [2.24, 2.45) is 0 Å². The minimum atomic E-state index is -0.995. The van der Waals surface area contributed by atoms with E-state index in [0.717, 1.165) is 18.5 Å². The molecule has 1 N–H and O–H groups in total. The van der Waals surface area contributed by atoms with Gasteiger partial charge >= 0.3 is 0 Å². The molecule has 0 aromatic carbocycles. The Hall–Kier alpha value is -2.54. The van der Waals surface area contributed by atoms with E-state index in [2.05, 4.69) is 15.0 Å². The third-order valence-electron chi connectivity index (χ3n) is 4.48. The minimum absolute atomic E-state index is 0.181. The van der Waals surface area contributed by atoms with Gasteiger partial charge in [0.2, 0.25) is 5.95 Å². The number of hydrogen-bond donors (Lipinski definition) is 1. The number of pyridine rings is 1. The molecule has 0 saturated carbocycles. The van der Waals surface area contributed by atoms with Gasteiger partial charge in [0.05, 0.1) is 18.7 Å². The van der Waals surface area contributed by atoms with Crippen LogP contribution >= 0.6 is 0 Å². The van der Waals surface area contributed by atoms with Gasteiger partial charge in [-0.2, -0.15) is 0 Å². The van der Waals surface area contributed by atoms with E-state index in [-0.39, 0.29) is 12.5 Å². The molecular formula is C18H23N5O2. The van der Waals surface area contributed by atoms with Crippen molar-refractivity contribution in [2.45, 2.75) is 25.4 Å². The van der Waals surface area contributed by atoms with Gasteiger partial charge in [-0.05, 0) is 37.5 Å². The van der Waals surface area contributed by atoms with Gasteiger partial charge in [0.1, 0.15) is 5.69 Å². The van der Waals surface area contributed by atoms with Gasteiger partial charge in [0.15, 0.2) is 0 Å². The third-order valence-corrected chi connectivity index (χ3v) is 4.48. The molecule has 0 radical (unpaired) electrons. The molecular weight excluding hydrogens is 318 g/mol. The topological polar surface area (TPSA) is 82.5 Å². The quantitative estimate of drug-likeness (QED) is 0.902. The van der Waals surface area contributed by atoms with E-state index < -0.39 is 5.60 Å². The first-order valence-corrected chi connectivity index (χ1v) is 8.40. The molecule has 1 unspecified atom stereocenters. The van der Waals surface area contributed by atoms with Gasteiger partial charge in [-0.1, -0.05) is 6.07 Å². The Balaban J connectivity index is 1.70. The number of carbonyl (C=O) groups is 1. The zero-order valence-electron chi connectivity index (χ0n) is 14.6. The van der Waals surface area contributed by atoms with Crippen LogP contribution in [-0.4, -0.2) is 63.1 Å². The number of likely N-dealkylation sites (N-methyl/N-ethyl adjacent to an activating group) is 1. The van der Waals surface area contributed by atoms with E-state index in [9.17, 15) is 9.90 Å². The first-order valence-electron chi connectivity index (χ1n) is 8.40. The average Bonchev–Trinajstić information content (AvgIpc) is 2.62. The lowest BCUT2D eigenvalue weighted by atomic mass is 9.92. The molecule has 25 heavy (non-hydrogen) atoms. The number of carbonyl (C=O) groups excluding carboxylic acids is 1. The molecule has 2 aromatic heterocycles. The lowest BCUT2D eigenvalue weighted by molar-refractivity contribution is -0.000464. The Morgan fingerprint density at radius 1 is 1.28 bits per heavy atom. The smallest absolute Gasteiger partial charge is 0.272 e. The monoisotopic (exact) mass is 341 g/mol. The fourth-order valence-corrected chi connectivity index (χ4v) is 3.27. The minimum Gasteiger partial charge on any atom is -0.386 e. The van der Waals surface area contributed by atoms with Crippen LogP contribution in [0, 0.1) is 6.92 Å². The van der Waals surface area contributed by atoms with Crippen molar-refractivity contribution in [3.8, 4) is 0 Å². The van der Waals surface area contributed by atoms with Crippen LogP contribution in [0.15, 0.2) is 36.8 Å². The number of β-amino-alcohol motifs (C(OH)–C–C–N with tert-alkyl or cyclic N) is 1. The van der Waals surface area contributed by atoms with Gasteiger partial charge in [0, 0.05) is 32.2 Å². The number of aromatic nitrogens is 3. The number of rotatable bonds is 4. The van der Waals surface area contributed by atoms with Crippen molar-refractivity contribution in [1.29, 1.82) is 0 Å². The molecule has 1 aliphatic heterocycles. The Bertz CT molecular complexity index is 739. The van der Waals surface area contributed by atoms with Gasteiger partial charge in [-0.15, -0.1) is 0 Å². The Labute approximate surface area is 147 Å². The molecule has 1 amide bonds. The molecule has 0 spiro atoms. The van der Waals surface area contributed by atoms with Crippen molar-refractivity contribution in [1.82, 2.24) is 19.9 Å². The Morgan fingerprint density at radius 2 is 2.00 bits per heavy atom. The standard InChI is InChI=1S/C18H23N5O2/c1-14-6-3-8-19-15(14)16(24)22(2)12-18(25)7-4-11-23(13-18)17-20-9-5-10-21-17/h3,5-6,8-10,25H,4,7,11-13H2,1-2H3. The summed E-state index contributed by atoms with van der Waals surface area (Å²) in [5.41, 5.74) is 0.256. The summed E-state index contributed by atoms with van der Waals surface area (Å²) in [7, 11) is 1.70. The van der Waals surface area contributed by atoms with E-state index in [4.69, 9.17) is 0 Å². The Morgan fingerprint density at radius 3 is 2.72 bits per heavy atom. The number of aryl methyl sites for hydroxylation is 1. The first kappa shape index (κ1) is 17.3. The second-order valence-electron chi connectivity index (χ2n) is 6.63. The zero-order chi connectivity index (χ0) is 17.9. The molecule has 0 aliphatic carbocycles. The summed E-state index contributed by atoms with van der Waals surface area (Å²) in [5, 5.41) is 11.0. The number of amides is 1. The van der Waals surface area contributed by atoms with Crippen LogP contribution in [-0.2, 0) is 0 Å². The summed E-state index contributed by atoms with van der Waals surface area (Å²) in [4.78, 5) is 28.8. The molecule has 1 fully saturated rings. The fraction of sp³-hybridized carbons (Fsp3) is 0.444.